The molecule has 0 amide bonds. The summed E-state index contributed by atoms with van der Waals surface area (Å²) in [6, 6.07) is 19.0. The predicted octanol–water partition coefficient (Wildman–Crippen LogP) is 6.24. The molecule has 0 unspecified atom stereocenters. The number of aromatic nitrogens is 2. The maximum atomic E-state index is 5.98. The van der Waals surface area contributed by atoms with Gasteiger partial charge in [-0.15, -0.1) is 11.3 Å². The van der Waals surface area contributed by atoms with Crippen molar-refractivity contribution in [3.63, 3.8) is 0 Å². The Kier molecular flexibility index (Phi) is 5.26. The summed E-state index contributed by atoms with van der Waals surface area (Å²) in [6.07, 6.45) is 2.08. The monoisotopic (exact) mass is 376 g/mol. The minimum absolute atomic E-state index is 0.741. The number of ether oxygens (including phenoxy) is 1. The molecule has 3 nitrogen and oxygen atoms in total. The predicted molar refractivity (Wildman–Crippen MR) is 114 cm³/mol. The van der Waals surface area contributed by atoms with Gasteiger partial charge in [-0.1, -0.05) is 35.9 Å². The van der Waals surface area contributed by atoms with Gasteiger partial charge in [0.05, 0.1) is 22.5 Å². The van der Waals surface area contributed by atoms with Crippen molar-refractivity contribution < 1.29 is 4.74 Å². The van der Waals surface area contributed by atoms with Gasteiger partial charge >= 0.3 is 0 Å². The number of hydrogen-bond donors (Lipinski definition) is 0. The molecule has 27 heavy (non-hydrogen) atoms. The summed E-state index contributed by atoms with van der Waals surface area (Å²) < 4.78 is 8.32. The summed E-state index contributed by atoms with van der Waals surface area (Å²) in [7, 11) is 0. The van der Waals surface area contributed by atoms with E-state index in [0.717, 1.165) is 43.1 Å². The van der Waals surface area contributed by atoms with Crippen LogP contribution in [0.5, 0.6) is 5.75 Å². The second-order valence-corrected chi connectivity index (χ2v) is 7.83. The fourth-order valence-corrected chi connectivity index (χ4v) is 4.13. The highest BCUT2D eigenvalue weighted by molar-refractivity contribution is 7.13. The first kappa shape index (κ1) is 17.8. The van der Waals surface area contributed by atoms with E-state index in [1.807, 2.05) is 0 Å². The zero-order chi connectivity index (χ0) is 18.6. The smallest absolute Gasteiger partial charge is 0.151 e. The van der Waals surface area contributed by atoms with Crippen molar-refractivity contribution in [1.82, 2.24) is 9.55 Å². The molecule has 0 radical (unpaired) electrons. The first-order valence-electron chi connectivity index (χ1n) is 9.41. The van der Waals surface area contributed by atoms with Crippen LogP contribution in [0.1, 0.15) is 24.0 Å². The SMILES string of the molecule is Cc1ccc(OCCCCn2c(-c3cccs3)nc3ccccc32)c(C)c1. The molecule has 0 saturated carbocycles. The number of unbranched alkanes of at least 4 members (excludes halogenated alkanes) is 1. The van der Waals surface area contributed by atoms with Crippen molar-refractivity contribution in [2.75, 3.05) is 6.61 Å². The Morgan fingerprint density at radius 3 is 2.70 bits per heavy atom. The average molecular weight is 377 g/mol. The zero-order valence-electron chi connectivity index (χ0n) is 15.8. The second kappa shape index (κ2) is 7.97. The Bertz CT molecular complexity index is 1030. The summed E-state index contributed by atoms with van der Waals surface area (Å²) in [5, 5.41) is 2.11. The number of aryl methyl sites for hydroxylation is 3. The molecule has 4 aromatic rings. The summed E-state index contributed by atoms with van der Waals surface area (Å²) in [5.74, 6) is 2.06. The molecule has 2 aromatic heterocycles. The molecule has 0 aliphatic carbocycles. The largest absolute Gasteiger partial charge is 0.493 e. The maximum Gasteiger partial charge on any atom is 0.151 e. The lowest BCUT2D eigenvalue weighted by Crippen LogP contribution is -2.04. The Morgan fingerprint density at radius 2 is 1.89 bits per heavy atom. The van der Waals surface area contributed by atoms with E-state index < -0.39 is 0 Å². The molecule has 0 N–H and O–H groups in total. The first-order valence-corrected chi connectivity index (χ1v) is 10.3. The molecule has 0 bridgehead atoms. The van der Waals surface area contributed by atoms with Crippen LogP contribution >= 0.6 is 11.3 Å². The van der Waals surface area contributed by atoms with Gasteiger partial charge in [0.15, 0.2) is 5.82 Å². The summed E-state index contributed by atoms with van der Waals surface area (Å²) in [6.45, 7) is 5.90. The first-order chi connectivity index (χ1) is 13.2. The van der Waals surface area contributed by atoms with Gasteiger partial charge in [0.2, 0.25) is 0 Å². The van der Waals surface area contributed by atoms with E-state index in [1.54, 1.807) is 11.3 Å². The molecule has 0 atom stereocenters. The van der Waals surface area contributed by atoms with Crippen LogP contribution in [0.25, 0.3) is 21.7 Å². The molecular weight excluding hydrogens is 352 g/mol. The Labute approximate surface area is 164 Å². The van der Waals surface area contributed by atoms with E-state index in [0.29, 0.717) is 0 Å². The summed E-state index contributed by atoms with van der Waals surface area (Å²) >= 11 is 1.74. The lowest BCUT2D eigenvalue weighted by Gasteiger charge is -2.11. The van der Waals surface area contributed by atoms with Crippen LogP contribution in [0.2, 0.25) is 0 Å². The van der Waals surface area contributed by atoms with E-state index >= 15 is 0 Å². The highest BCUT2D eigenvalue weighted by Gasteiger charge is 2.12. The normalized spacial score (nSPS) is 11.2. The van der Waals surface area contributed by atoms with Crippen LogP contribution < -0.4 is 4.74 Å². The second-order valence-electron chi connectivity index (χ2n) is 6.88. The quantitative estimate of drug-likeness (QED) is 0.357. The minimum Gasteiger partial charge on any atom is -0.493 e. The van der Waals surface area contributed by atoms with Crippen molar-refractivity contribution in [1.29, 1.82) is 0 Å². The van der Waals surface area contributed by atoms with Gasteiger partial charge in [0, 0.05) is 6.54 Å². The minimum atomic E-state index is 0.741. The molecule has 0 fully saturated rings. The molecule has 0 saturated heterocycles. The van der Waals surface area contributed by atoms with Crippen molar-refractivity contribution >= 4 is 22.4 Å². The van der Waals surface area contributed by atoms with E-state index in [-0.39, 0.29) is 0 Å². The van der Waals surface area contributed by atoms with Gasteiger partial charge < -0.3 is 9.30 Å². The van der Waals surface area contributed by atoms with Gasteiger partial charge in [0.1, 0.15) is 5.75 Å². The Hall–Kier alpha value is -2.59. The number of rotatable bonds is 7. The van der Waals surface area contributed by atoms with E-state index in [4.69, 9.17) is 9.72 Å². The van der Waals surface area contributed by atoms with E-state index in [9.17, 15) is 0 Å². The van der Waals surface area contributed by atoms with Crippen LogP contribution in [0.4, 0.5) is 0 Å². The number of benzene rings is 2. The maximum absolute atomic E-state index is 5.98. The van der Waals surface area contributed by atoms with E-state index in [1.165, 1.54) is 21.5 Å². The topological polar surface area (TPSA) is 27.1 Å². The number of nitrogens with zero attached hydrogens (tertiary/aromatic N) is 2. The molecule has 138 valence electrons. The number of para-hydroxylation sites is 2. The highest BCUT2D eigenvalue weighted by Crippen LogP contribution is 2.28. The number of hydrogen-bond acceptors (Lipinski definition) is 3. The standard InChI is InChI=1S/C23H24N2OS/c1-17-11-12-21(18(2)16-17)26-14-6-5-13-25-20-9-4-3-8-19(20)24-23(25)22-10-7-15-27-22/h3-4,7-12,15-16H,5-6,13-14H2,1-2H3. The van der Waals surface area contributed by atoms with Crippen molar-refractivity contribution in [3.05, 3.63) is 71.1 Å². The highest BCUT2D eigenvalue weighted by atomic mass is 32.1. The Balaban J connectivity index is 1.42. The van der Waals surface area contributed by atoms with Crippen molar-refractivity contribution in [2.24, 2.45) is 0 Å². The third-order valence-electron chi connectivity index (χ3n) is 4.76. The van der Waals surface area contributed by atoms with Crippen LogP contribution in [-0.2, 0) is 6.54 Å². The van der Waals surface area contributed by atoms with Crippen LogP contribution in [0, 0.1) is 13.8 Å². The fraction of sp³-hybridized carbons (Fsp3) is 0.261. The third kappa shape index (κ3) is 3.91. The van der Waals surface area contributed by atoms with Crippen LogP contribution in [0.15, 0.2) is 60.0 Å². The van der Waals surface area contributed by atoms with Gasteiger partial charge in [0.25, 0.3) is 0 Å². The van der Waals surface area contributed by atoms with Gasteiger partial charge in [-0.05, 0) is 61.9 Å². The lowest BCUT2D eigenvalue weighted by atomic mass is 10.1. The summed E-state index contributed by atoms with van der Waals surface area (Å²) in [4.78, 5) is 6.08. The van der Waals surface area contributed by atoms with Crippen molar-refractivity contribution in [2.45, 2.75) is 33.2 Å². The van der Waals surface area contributed by atoms with Gasteiger partial charge in [-0.2, -0.15) is 0 Å². The lowest BCUT2D eigenvalue weighted by molar-refractivity contribution is 0.301. The number of fused-ring (bicyclic) bond motifs is 1. The average Bonchev–Trinajstić information content (AvgIpc) is 3.31. The van der Waals surface area contributed by atoms with Gasteiger partial charge in [-0.3, -0.25) is 0 Å². The molecule has 4 heteroatoms. The Morgan fingerprint density at radius 1 is 1.00 bits per heavy atom. The van der Waals surface area contributed by atoms with Crippen LogP contribution in [0.3, 0.4) is 0 Å². The number of thiophene rings is 1. The van der Waals surface area contributed by atoms with Crippen LogP contribution in [-0.4, -0.2) is 16.2 Å². The molecule has 0 aliphatic heterocycles. The number of imidazole rings is 1. The molecule has 2 heterocycles. The third-order valence-corrected chi connectivity index (χ3v) is 5.63. The zero-order valence-corrected chi connectivity index (χ0v) is 16.6. The fourth-order valence-electron chi connectivity index (χ4n) is 3.41. The van der Waals surface area contributed by atoms with E-state index in [2.05, 4.69) is 78.4 Å². The molecule has 4 rings (SSSR count). The van der Waals surface area contributed by atoms with Gasteiger partial charge in [-0.25, -0.2) is 4.98 Å². The molecular formula is C23H24N2OS. The molecule has 2 aromatic carbocycles. The molecule has 0 spiro atoms. The molecule has 0 aliphatic rings. The van der Waals surface area contributed by atoms with Crippen molar-refractivity contribution in [3.8, 4) is 16.5 Å². The summed E-state index contributed by atoms with van der Waals surface area (Å²) in [5.41, 5.74) is 4.74.